The van der Waals surface area contributed by atoms with Crippen molar-refractivity contribution in [3.63, 3.8) is 0 Å². The second kappa shape index (κ2) is 7.73. The summed E-state index contributed by atoms with van der Waals surface area (Å²) < 4.78 is 0. The molecule has 1 aromatic heterocycles. The van der Waals surface area contributed by atoms with Crippen molar-refractivity contribution in [2.75, 3.05) is 11.9 Å². The lowest BCUT2D eigenvalue weighted by atomic mass is 9.86. The average molecular weight is 344 g/mol. The van der Waals surface area contributed by atoms with Crippen molar-refractivity contribution in [2.24, 2.45) is 5.41 Å². The number of anilines is 1. The van der Waals surface area contributed by atoms with Gasteiger partial charge in [0.15, 0.2) is 5.78 Å². The smallest absolute Gasteiger partial charge is 0.238 e. The molecule has 0 radical (unpaired) electrons. The molecule has 0 aliphatic rings. The minimum absolute atomic E-state index is 0.000318. The fourth-order valence-electron chi connectivity index (χ4n) is 2.50. The second-order valence-corrected chi connectivity index (χ2v) is 7.86. The summed E-state index contributed by atoms with van der Waals surface area (Å²) in [5.41, 5.74) is 1.23. The van der Waals surface area contributed by atoms with Gasteiger partial charge in [-0.25, -0.2) is 0 Å². The molecule has 2 aromatic rings. The van der Waals surface area contributed by atoms with Crippen molar-refractivity contribution >= 4 is 28.7 Å². The number of hydrogen-bond acceptors (Lipinski definition) is 4. The lowest BCUT2D eigenvalue weighted by Gasteiger charge is -2.30. The van der Waals surface area contributed by atoms with Crippen molar-refractivity contribution in [1.82, 2.24) is 5.32 Å². The van der Waals surface area contributed by atoms with Crippen LogP contribution in [0.25, 0.3) is 0 Å². The Morgan fingerprint density at radius 2 is 1.92 bits per heavy atom. The van der Waals surface area contributed by atoms with Gasteiger partial charge in [0.2, 0.25) is 5.91 Å². The summed E-state index contributed by atoms with van der Waals surface area (Å²) in [6, 6.07) is 11.2. The van der Waals surface area contributed by atoms with Gasteiger partial charge in [-0.1, -0.05) is 39.0 Å². The Morgan fingerprint density at radius 3 is 2.50 bits per heavy atom. The predicted molar refractivity (Wildman–Crippen MR) is 99.6 cm³/mol. The molecule has 0 aliphatic heterocycles. The molecule has 1 unspecified atom stereocenters. The lowest BCUT2D eigenvalue weighted by molar-refractivity contribution is -0.115. The van der Waals surface area contributed by atoms with Crippen LogP contribution in [-0.2, 0) is 4.79 Å². The summed E-state index contributed by atoms with van der Waals surface area (Å²) in [6.45, 7) is 8.18. The van der Waals surface area contributed by atoms with Crippen LogP contribution < -0.4 is 10.6 Å². The highest BCUT2D eigenvalue weighted by atomic mass is 32.1. The molecule has 4 nitrogen and oxygen atoms in total. The van der Waals surface area contributed by atoms with E-state index < -0.39 is 0 Å². The van der Waals surface area contributed by atoms with Crippen molar-refractivity contribution < 1.29 is 9.59 Å². The number of carbonyl (C=O) groups is 2. The molecule has 2 N–H and O–H groups in total. The topological polar surface area (TPSA) is 58.2 Å². The van der Waals surface area contributed by atoms with Gasteiger partial charge in [0.1, 0.15) is 0 Å². The molecule has 0 fully saturated rings. The first-order chi connectivity index (χ1) is 11.3. The van der Waals surface area contributed by atoms with E-state index in [1.165, 1.54) is 11.8 Å². The fraction of sp³-hybridized carbons (Fsp3) is 0.368. The highest BCUT2D eigenvalue weighted by Gasteiger charge is 2.27. The maximum absolute atomic E-state index is 12.2. The van der Waals surface area contributed by atoms with E-state index in [1.807, 2.05) is 11.4 Å². The molecular formula is C19H24N2O2S. The van der Waals surface area contributed by atoms with Gasteiger partial charge in [-0.15, -0.1) is 11.3 Å². The zero-order valence-electron chi connectivity index (χ0n) is 14.6. The molecule has 0 spiro atoms. The molecule has 0 bridgehead atoms. The lowest BCUT2D eigenvalue weighted by Crippen LogP contribution is -2.37. The van der Waals surface area contributed by atoms with Crippen LogP contribution in [0.5, 0.6) is 0 Å². The summed E-state index contributed by atoms with van der Waals surface area (Å²) in [5, 5.41) is 8.23. The molecule has 1 amide bonds. The van der Waals surface area contributed by atoms with E-state index in [0.29, 0.717) is 11.3 Å². The highest BCUT2D eigenvalue weighted by molar-refractivity contribution is 7.10. The van der Waals surface area contributed by atoms with Gasteiger partial charge in [-0.2, -0.15) is 0 Å². The predicted octanol–water partition coefficient (Wildman–Crippen LogP) is 4.27. The van der Waals surface area contributed by atoms with Gasteiger partial charge < -0.3 is 10.6 Å². The van der Waals surface area contributed by atoms with Gasteiger partial charge >= 0.3 is 0 Å². The SMILES string of the molecule is CC(=O)c1cccc(NC(=O)CNC(c2cccs2)C(C)(C)C)c1. The highest BCUT2D eigenvalue weighted by Crippen LogP contribution is 2.34. The molecule has 0 saturated carbocycles. The summed E-state index contributed by atoms with van der Waals surface area (Å²) in [4.78, 5) is 24.9. The van der Waals surface area contributed by atoms with Crippen LogP contribution in [0.1, 0.15) is 49.0 Å². The van der Waals surface area contributed by atoms with E-state index in [1.54, 1.807) is 35.6 Å². The maximum Gasteiger partial charge on any atom is 0.238 e. The average Bonchev–Trinajstić information content (AvgIpc) is 3.00. The first kappa shape index (κ1) is 18.4. The third-order valence-electron chi connectivity index (χ3n) is 3.71. The molecule has 0 aliphatic carbocycles. The number of thiophene rings is 1. The van der Waals surface area contributed by atoms with Crippen molar-refractivity contribution in [1.29, 1.82) is 0 Å². The molecule has 1 heterocycles. The van der Waals surface area contributed by atoms with E-state index >= 15 is 0 Å². The van der Waals surface area contributed by atoms with E-state index in [4.69, 9.17) is 0 Å². The Balaban J connectivity index is 1.99. The molecule has 5 heteroatoms. The standard InChI is InChI=1S/C19H24N2O2S/c1-13(22)14-7-5-8-15(11-14)21-17(23)12-20-18(19(2,3)4)16-9-6-10-24-16/h5-11,18,20H,12H2,1-4H3,(H,21,23). The Hall–Kier alpha value is -1.98. The molecule has 1 aromatic carbocycles. The molecule has 24 heavy (non-hydrogen) atoms. The van der Waals surface area contributed by atoms with Gasteiger partial charge in [-0.3, -0.25) is 9.59 Å². The van der Waals surface area contributed by atoms with Crippen LogP contribution in [0.4, 0.5) is 5.69 Å². The van der Waals surface area contributed by atoms with Crippen LogP contribution >= 0.6 is 11.3 Å². The normalized spacial score (nSPS) is 12.7. The number of hydrogen-bond donors (Lipinski definition) is 2. The van der Waals surface area contributed by atoms with Gasteiger partial charge in [0.05, 0.1) is 6.54 Å². The minimum atomic E-state index is -0.124. The molecule has 0 saturated heterocycles. The zero-order chi connectivity index (χ0) is 17.7. The van der Waals surface area contributed by atoms with E-state index in [2.05, 4.69) is 37.5 Å². The van der Waals surface area contributed by atoms with E-state index in [-0.39, 0.29) is 29.7 Å². The van der Waals surface area contributed by atoms with E-state index in [9.17, 15) is 9.59 Å². The van der Waals surface area contributed by atoms with Crippen LogP contribution in [0.15, 0.2) is 41.8 Å². The number of amides is 1. The Bertz CT molecular complexity index is 702. The molecule has 128 valence electrons. The van der Waals surface area contributed by atoms with Gasteiger partial charge in [0, 0.05) is 22.2 Å². The van der Waals surface area contributed by atoms with E-state index in [0.717, 1.165) is 0 Å². The van der Waals surface area contributed by atoms with Crippen molar-refractivity contribution in [2.45, 2.75) is 33.7 Å². The van der Waals surface area contributed by atoms with Gasteiger partial charge in [-0.05, 0) is 35.9 Å². The Morgan fingerprint density at radius 1 is 1.17 bits per heavy atom. The fourth-order valence-corrected chi connectivity index (χ4v) is 3.55. The van der Waals surface area contributed by atoms with Crippen LogP contribution in [-0.4, -0.2) is 18.2 Å². The number of Topliss-reactive ketones (excluding diaryl/α,β-unsaturated/α-hetero) is 1. The third-order valence-corrected chi connectivity index (χ3v) is 4.65. The minimum Gasteiger partial charge on any atom is -0.325 e. The van der Waals surface area contributed by atoms with Crippen LogP contribution in [0.2, 0.25) is 0 Å². The molecular weight excluding hydrogens is 320 g/mol. The quantitative estimate of drug-likeness (QED) is 0.770. The maximum atomic E-state index is 12.2. The molecule has 2 rings (SSSR count). The zero-order valence-corrected chi connectivity index (χ0v) is 15.4. The number of ketones is 1. The Kier molecular flexibility index (Phi) is 5.91. The van der Waals surface area contributed by atoms with Crippen molar-refractivity contribution in [3.05, 3.63) is 52.2 Å². The van der Waals surface area contributed by atoms with Crippen LogP contribution in [0, 0.1) is 5.41 Å². The molecule has 1 atom stereocenters. The summed E-state index contributed by atoms with van der Waals surface area (Å²) >= 11 is 1.69. The Labute approximate surface area is 147 Å². The third kappa shape index (κ3) is 5.01. The largest absolute Gasteiger partial charge is 0.325 e. The second-order valence-electron chi connectivity index (χ2n) is 6.88. The monoisotopic (exact) mass is 344 g/mol. The van der Waals surface area contributed by atoms with Crippen LogP contribution in [0.3, 0.4) is 0 Å². The number of rotatable bonds is 6. The first-order valence-electron chi connectivity index (χ1n) is 7.95. The summed E-state index contributed by atoms with van der Waals surface area (Å²) in [6.07, 6.45) is 0. The number of nitrogens with one attached hydrogen (secondary N) is 2. The van der Waals surface area contributed by atoms with Crippen molar-refractivity contribution in [3.8, 4) is 0 Å². The summed E-state index contributed by atoms with van der Waals surface area (Å²) in [5.74, 6) is -0.142. The number of carbonyl (C=O) groups excluding carboxylic acids is 2. The first-order valence-corrected chi connectivity index (χ1v) is 8.83. The van der Waals surface area contributed by atoms with Gasteiger partial charge in [0.25, 0.3) is 0 Å². The number of benzene rings is 1. The summed E-state index contributed by atoms with van der Waals surface area (Å²) in [7, 11) is 0.